The number of pyridine rings is 1. The smallest absolute Gasteiger partial charge is 0.105 e. The Morgan fingerprint density at radius 3 is 2.47 bits per heavy atom. The lowest BCUT2D eigenvalue weighted by Gasteiger charge is -1.91. The van der Waals surface area contributed by atoms with Gasteiger partial charge in [-0.15, -0.1) is 12.4 Å². The van der Waals surface area contributed by atoms with Crippen LogP contribution >= 0.6 is 12.4 Å². The normalized spacial score (nSPS) is 9.32. The SMILES string of the molecule is CCCc1ncc[nH]1.Cl.c1ccc2ncccc2c1. The molecule has 0 aliphatic heterocycles. The van der Waals surface area contributed by atoms with E-state index in [4.69, 9.17) is 0 Å². The van der Waals surface area contributed by atoms with Crippen molar-refractivity contribution in [2.75, 3.05) is 0 Å². The summed E-state index contributed by atoms with van der Waals surface area (Å²) in [6, 6.07) is 12.1. The number of fused-ring (bicyclic) bond motifs is 1. The van der Waals surface area contributed by atoms with E-state index in [9.17, 15) is 0 Å². The monoisotopic (exact) mass is 275 g/mol. The number of benzene rings is 1. The van der Waals surface area contributed by atoms with Crippen molar-refractivity contribution in [1.29, 1.82) is 0 Å². The summed E-state index contributed by atoms with van der Waals surface area (Å²) >= 11 is 0. The van der Waals surface area contributed by atoms with Crippen molar-refractivity contribution in [1.82, 2.24) is 15.0 Å². The number of nitrogens with zero attached hydrogens (tertiary/aromatic N) is 2. The number of hydrogen-bond acceptors (Lipinski definition) is 2. The van der Waals surface area contributed by atoms with Crippen LogP contribution < -0.4 is 0 Å². The van der Waals surface area contributed by atoms with Gasteiger partial charge in [-0.1, -0.05) is 31.2 Å². The highest BCUT2D eigenvalue weighted by molar-refractivity contribution is 5.85. The van der Waals surface area contributed by atoms with Gasteiger partial charge in [0, 0.05) is 30.4 Å². The number of aromatic nitrogens is 3. The fourth-order valence-electron chi connectivity index (χ4n) is 1.69. The fraction of sp³-hybridized carbons (Fsp3) is 0.200. The molecule has 100 valence electrons. The molecule has 0 atom stereocenters. The number of para-hydroxylation sites is 1. The molecule has 0 bridgehead atoms. The predicted octanol–water partition coefficient (Wildman–Crippen LogP) is 4.02. The summed E-state index contributed by atoms with van der Waals surface area (Å²) < 4.78 is 0. The Labute approximate surface area is 119 Å². The maximum absolute atomic E-state index is 4.18. The molecule has 1 aromatic carbocycles. The molecule has 2 heterocycles. The molecule has 0 aliphatic carbocycles. The summed E-state index contributed by atoms with van der Waals surface area (Å²) in [7, 11) is 0. The molecule has 0 amide bonds. The van der Waals surface area contributed by atoms with Crippen molar-refractivity contribution < 1.29 is 0 Å². The van der Waals surface area contributed by atoms with E-state index in [1.165, 1.54) is 5.39 Å². The molecular weight excluding hydrogens is 258 g/mol. The third kappa shape index (κ3) is 4.72. The Balaban J connectivity index is 0.000000185. The second-order valence-electron chi connectivity index (χ2n) is 3.98. The van der Waals surface area contributed by atoms with Gasteiger partial charge >= 0.3 is 0 Å². The molecule has 2 aromatic heterocycles. The topological polar surface area (TPSA) is 41.6 Å². The molecule has 0 spiro atoms. The number of nitrogens with one attached hydrogen (secondary N) is 1. The fourth-order valence-corrected chi connectivity index (χ4v) is 1.69. The Hall–Kier alpha value is -1.87. The first-order valence-electron chi connectivity index (χ1n) is 6.18. The third-order valence-electron chi connectivity index (χ3n) is 2.55. The molecule has 0 fully saturated rings. The van der Waals surface area contributed by atoms with Crippen molar-refractivity contribution in [3.05, 3.63) is 60.8 Å². The van der Waals surface area contributed by atoms with Crippen LogP contribution in [0.2, 0.25) is 0 Å². The van der Waals surface area contributed by atoms with Crippen LogP contribution in [0.25, 0.3) is 10.9 Å². The van der Waals surface area contributed by atoms with Gasteiger partial charge in [-0.05, 0) is 18.6 Å². The third-order valence-corrected chi connectivity index (χ3v) is 2.55. The minimum atomic E-state index is 0. The minimum absolute atomic E-state index is 0. The standard InChI is InChI=1S/C9H7N.C6H10N2.ClH/c1-2-6-9-8(4-1)5-3-7-10-9;1-2-3-6-7-4-5-8-6;/h1-7H;4-5H,2-3H2,1H3,(H,7,8);1H. The number of rotatable bonds is 2. The Bertz CT molecular complexity index is 513. The zero-order chi connectivity index (χ0) is 12.6. The van der Waals surface area contributed by atoms with Crippen molar-refractivity contribution in [3.8, 4) is 0 Å². The van der Waals surface area contributed by atoms with Crippen molar-refractivity contribution >= 4 is 23.3 Å². The summed E-state index contributed by atoms with van der Waals surface area (Å²) in [6.07, 6.45) is 7.67. The van der Waals surface area contributed by atoms with Gasteiger partial charge in [-0.25, -0.2) is 4.98 Å². The van der Waals surface area contributed by atoms with E-state index in [0.29, 0.717) is 0 Å². The number of halogens is 1. The molecule has 3 rings (SSSR count). The highest BCUT2D eigenvalue weighted by Crippen LogP contribution is 2.07. The zero-order valence-electron chi connectivity index (χ0n) is 10.9. The first kappa shape index (κ1) is 15.2. The quantitative estimate of drug-likeness (QED) is 0.767. The van der Waals surface area contributed by atoms with Crippen LogP contribution in [0.4, 0.5) is 0 Å². The van der Waals surface area contributed by atoms with E-state index in [0.717, 1.165) is 24.2 Å². The van der Waals surface area contributed by atoms with E-state index in [-0.39, 0.29) is 12.4 Å². The van der Waals surface area contributed by atoms with Gasteiger partial charge < -0.3 is 4.98 Å². The maximum Gasteiger partial charge on any atom is 0.105 e. The summed E-state index contributed by atoms with van der Waals surface area (Å²) in [4.78, 5) is 11.3. The predicted molar refractivity (Wildman–Crippen MR) is 81.6 cm³/mol. The summed E-state index contributed by atoms with van der Waals surface area (Å²) in [5.41, 5.74) is 1.06. The van der Waals surface area contributed by atoms with Crippen LogP contribution in [-0.4, -0.2) is 15.0 Å². The number of H-pyrrole nitrogens is 1. The Morgan fingerprint density at radius 1 is 1.00 bits per heavy atom. The maximum atomic E-state index is 4.18. The lowest BCUT2D eigenvalue weighted by Crippen LogP contribution is -1.83. The van der Waals surface area contributed by atoms with Gasteiger partial charge in [-0.2, -0.15) is 0 Å². The molecule has 0 saturated carbocycles. The van der Waals surface area contributed by atoms with Crippen molar-refractivity contribution in [2.24, 2.45) is 0 Å². The second-order valence-corrected chi connectivity index (χ2v) is 3.98. The van der Waals surface area contributed by atoms with Crippen LogP contribution in [0.5, 0.6) is 0 Å². The highest BCUT2D eigenvalue weighted by atomic mass is 35.5. The molecule has 0 saturated heterocycles. The lowest BCUT2D eigenvalue weighted by atomic mass is 10.2. The molecule has 3 nitrogen and oxygen atoms in total. The molecule has 19 heavy (non-hydrogen) atoms. The van der Waals surface area contributed by atoms with E-state index in [2.05, 4.69) is 34.0 Å². The molecule has 0 radical (unpaired) electrons. The highest BCUT2D eigenvalue weighted by Gasteiger charge is 1.87. The summed E-state index contributed by atoms with van der Waals surface area (Å²) in [5.74, 6) is 1.09. The molecule has 4 heteroatoms. The number of aryl methyl sites for hydroxylation is 1. The largest absolute Gasteiger partial charge is 0.349 e. The average Bonchev–Trinajstić information content (AvgIpc) is 2.93. The molecule has 0 aliphatic rings. The number of aromatic amines is 1. The molecule has 0 unspecified atom stereocenters. The Kier molecular flexibility index (Phi) is 6.61. The van der Waals surface area contributed by atoms with E-state index in [1.54, 1.807) is 6.20 Å². The van der Waals surface area contributed by atoms with Gasteiger partial charge in [0.25, 0.3) is 0 Å². The number of hydrogen-bond donors (Lipinski definition) is 1. The van der Waals surface area contributed by atoms with E-state index < -0.39 is 0 Å². The van der Waals surface area contributed by atoms with Gasteiger partial charge in [0.15, 0.2) is 0 Å². The van der Waals surface area contributed by atoms with Gasteiger partial charge in [0.1, 0.15) is 5.82 Å². The first-order valence-corrected chi connectivity index (χ1v) is 6.18. The summed E-state index contributed by atoms with van der Waals surface area (Å²) in [6.45, 7) is 2.14. The Morgan fingerprint density at radius 2 is 1.79 bits per heavy atom. The second kappa shape index (κ2) is 8.27. The molecular formula is C15H18ClN3. The van der Waals surface area contributed by atoms with Crippen LogP contribution in [-0.2, 0) is 6.42 Å². The van der Waals surface area contributed by atoms with Crippen molar-refractivity contribution in [2.45, 2.75) is 19.8 Å². The lowest BCUT2D eigenvalue weighted by molar-refractivity contribution is 0.856. The van der Waals surface area contributed by atoms with Gasteiger partial charge in [0.2, 0.25) is 0 Å². The summed E-state index contributed by atoms with van der Waals surface area (Å²) in [5, 5.41) is 1.20. The number of imidazole rings is 1. The van der Waals surface area contributed by atoms with Crippen LogP contribution in [0.1, 0.15) is 19.2 Å². The van der Waals surface area contributed by atoms with Crippen LogP contribution in [0.3, 0.4) is 0 Å². The molecule has 3 aromatic rings. The average molecular weight is 276 g/mol. The first-order chi connectivity index (χ1) is 8.90. The van der Waals surface area contributed by atoms with Gasteiger partial charge in [-0.3, -0.25) is 4.98 Å². The van der Waals surface area contributed by atoms with E-state index in [1.807, 2.05) is 36.7 Å². The van der Waals surface area contributed by atoms with Crippen LogP contribution in [0, 0.1) is 0 Å². The van der Waals surface area contributed by atoms with Crippen molar-refractivity contribution in [3.63, 3.8) is 0 Å². The van der Waals surface area contributed by atoms with E-state index >= 15 is 0 Å². The minimum Gasteiger partial charge on any atom is -0.349 e. The zero-order valence-corrected chi connectivity index (χ0v) is 11.7. The van der Waals surface area contributed by atoms with Gasteiger partial charge in [0.05, 0.1) is 5.52 Å². The van der Waals surface area contributed by atoms with Crippen LogP contribution in [0.15, 0.2) is 55.0 Å². The molecule has 1 N–H and O–H groups in total.